The number of hydrogen-bond acceptors (Lipinski definition) is 4. The Kier molecular flexibility index (Phi) is 3.23. The van der Waals surface area contributed by atoms with E-state index in [4.69, 9.17) is 0 Å². The first-order chi connectivity index (χ1) is 8.22. The fraction of sp³-hybridized carbons (Fsp3) is 0.231. The second-order valence-corrected chi connectivity index (χ2v) is 3.72. The van der Waals surface area contributed by atoms with Gasteiger partial charge in [0.05, 0.1) is 0 Å². The number of nitrogens with one attached hydrogen (secondary N) is 1. The third-order valence-electron chi connectivity index (χ3n) is 2.52. The number of aromatic hydroxyl groups is 1. The SMILES string of the molecule is CCc1cc(NC)nc(-c2ccc(O)cc2)n1. The first-order valence-electron chi connectivity index (χ1n) is 5.58. The molecule has 0 saturated heterocycles. The molecule has 0 saturated carbocycles. The predicted octanol–water partition coefficient (Wildman–Crippen LogP) is 2.45. The number of hydrogen-bond donors (Lipinski definition) is 2. The second-order valence-electron chi connectivity index (χ2n) is 3.72. The molecule has 0 aliphatic heterocycles. The molecule has 2 rings (SSSR count). The lowest BCUT2D eigenvalue weighted by molar-refractivity contribution is 0.475. The predicted molar refractivity (Wildman–Crippen MR) is 68.1 cm³/mol. The molecule has 0 unspecified atom stereocenters. The van der Waals surface area contributed by atoms with Gasteiger partial charge in [-0.3, -0.25) is 0 Å². The Morgan fingerprint density at radius 3 is 2.47 bits per heavy atom. The van der Waals surface area contributed by atoms with E-state index in [0.29, 0.717) is 5.82 Å². The van der Waals surface area contributed by atoms with Crippen LogP contribution in [0, 0.1) is 0 Å². The molecular weight excluding hydrogens is 214 g/mol. The van der Waals surface area contributed by atoms with Crippen molar-refractivity contribution in [1.29, 1.82) is 0 Å². The highest BCUT2D eigenvalue weighted by molar-refractivity contribution is 5.58. The van der Waals surface area contributed by atoms with Crippen molar-refractivity contribution in [2.45, 2.75) is 13.3 Å². The highest BCUT2D eigenvalue weighted by atomic mass is 16.3. The Labute approximate surface area is 100 Å². The molecule has 1 aromatic heterocycles. The molecule has 0 amide bonds. The molecule has 0 fully saturated rings. The summed E-state index contributed by atoms with van der Waals surface area (Å²) < 4.78 is 0. The molecular formula is C13H15N3O. The number of aryl methyl sites for hydroxylation is 1. The normalized spacial score (nSPS) is 10.2. The van der Waals surface area contributed by atoms with Crippen molar-refractivity contribution in [3.8, 4) is 17.1 Å². The van der Waals surface area contributed by atoms with Crippen molar-refractivity contribution in [3.05, 3.63) is 36.0 Å². The van der Waals surface area contributed by atoms with Gasteiger partial charge in [0.25, 0.3) is 0 Å². The lowest BCUT2D eigenvalue weighted by atomic mass is 10.2. The van der Waals surface area contributed by atoms with Crippen molar-refractivity contribution >= 4 is 5.82 Å². The van der Waals surface area contributed by atoms with E-state index in [1.807, 2.05) is 25.2 Å². The first-order valence-corrected chi connectivity index (χ1v) is 5.58. The van der Waals surface area contributed by atoms with Gasteiger partial charge in [-0.05, 0) is 30.7 Å². The Balaban J connectivity index is 2.46. The number of benzene rings is 1. The van der Waals surface area contributed by atoms with Gasteiger partial charge >= 0.3 is 0 Å². The number of aromatic nitrogens is 2. The zero-order valence-corrected chi connectivity index (χ0v) is 9.94. The van der Waals surface area contributed by atoms with E-state index in [1.54, 1.807) is 12.1 Å². The van der Waals surface area contributed by atoms with Gasteiger partial charge in [0.1, 0.15) is 11.6 Å². The lowest BCUT2D eigenvalue weighted by Gasteiger charge is -2.06. The van der Waals surface area contributed by atoms with Gasteiger partial charge in [0, 0.05) is 24.4 Å². The molecule has 0 atom stereocenters. The largest absolute Gasteiger partial charge is 0.508 e. The van der Waals surface area contributed by atoms with Crippen molar-refractivity contribution in [1.82, 2.24) is 9.97 Å². The van der Waals surface area contributed by atoms with Crippen LogP contribution in [0.15, 0.2) is 30.3 Å². The smallest absolute Gasteiger partial charge is 0.161 e. The molecule has 88 valence electrons. The van der Waals surface area contributed by atoms with E-state index in [0.717, 1.165) is 23.5 Å². The van der Waals surface area contributed by atoms with Crippen LogP contribution in [-0.4, -0.2) is 22.1 Å². The Morgan fingerprint density at radius 2 is 1.88 bits per heavy atom. The van der Waals surface area contributed by atoms with Crippen LogP contribution in [0.4, 0.5) is 5.82 Å². The summed E-state index contributed by atoms with van der Waals surface area (Å²) in [5, 5.41) is 12.3. The molecule has 0 radical (unpaired) electrons. The van der Waals surface area contributed by atoms with Crippen molar-refractivity contribution in [2.75, 3.05) is 12.4 Å². The van der Waals surface area contributed by atoms with Gasteiger partial charge < -0.3 is 10.4 Å². The minimum Gasteiger partial charge on any atom is -0.508 e. The van der Waals surface area contributed by atoms with E-state index < -0.39 is 0 Å². The Bertz CT molecular complexity index is 486. The van der Waals surface area contributed by atoms with Gasteiger partial charge in [0.2, 0.25) is 0 Å². The molecule has 4 heteroatoms. The molecule has 2 aromatic rings. The number of anilines is 1. The highest BCUT2D eigenvalue weighted by Gasteiger charge is 2.05. The van der Waals surface area contributed by atoms with Crippen LogP contribution in [0.5, 0.6) is 5.75 Å². The van der Waals surface area contributed by atoms with E-state index >= 15 is 0 Å². The fourth-order valence-electron chi connectivity index (χ4n) is 1.55. The summed E-state index contributed by atoms with van der Waals surface area (Å²) in [7, 11) is 1.84. The summed E-state index contributed by atoms with van der Waals surface area (Å²) in [5.74, 6) is 1.72. The highest BCUT2D eigenvalue weighted by Crippen LogP contribution is 2.20. The maximum atomic E-state index is 9.25. The van der Waals surface area contributed by atoms with Crippen molar-refractivity contribution in [3.63, 3.8) is 0 Å². The van der Waals surface area contributed by atoms with Gasteiger partial charge in [-0.1, -0.05) is 6.92 Å². The molecule has 4 nitrogen and oxygen atoms in total. The van der Waals surface area contributed by atoms with Crippen LogP contribution < -0.4 is 5.32 Å². The molecule has 0 bridgehead atoms. The van der Waals surface area contributed by atoms with Crippen LogP contribution in [0.3, 0.4) is 0 Å². The van der Waals surface area contributed by atoms with E-state index in [2.05, 4.69) is 22.2 Å². The van der Waals surface area contributed by atoms with Gasteiger partial charge in [-0.2, -0.15) is 0 Å². The minimum atomic E-state index is 0.245. The second kappa shape index (κ2) is 4.82. The Hall–Kier alpha value is -2.10. The molecule has 0 spiro atoms. The molecule has 1 aromatic carbocycles. The summed E-state index contributed by atoms with van der Waals surface area (Å²) in [6.07, 6.45) is 0.863. The van der Waals surface area contributed by atoms with Gasteiger partial charge in [-0.15, -0.1) is 0 Å². The minimum absolute atomic E-state index is 0.245. The maximum absolute atomic E-state index is 9.25. The molecule has 0 aliphatic rings. The average Bonchev–Trinajstić information content (AvgIpc) is 2.39. The topological polar surface area (TPSA) is 58.0 Å². The van der Waals surface area contributed by atoms with Crippen molar-refractivity contribution in [2.24, 2.45) is 0 Å². The number of phenols is 1. The number of phenolic OH excluding ortho intramolecular Hbond substituents is 1. The Morgan fingerprint density at radius 1 is 1.18 bits per heavy atom. The zero-order chi connectivity index (χ0) is 12.3. The number of nitrogens with zero attached hydrogens (tertiary/aromatic N) is 2. The summed E-state index contributed by atoms with van der Waals surface area (Å²) in [6.45, 7) is 2.06. The summed E-state index contributed by atoms with van der Waals surface area (Å²) in [6, 6.07) is 8.82. The molecule has 0 aliphatic carbocycles. The summed E-state index contributed by atoms with van der Waals surface area (Å²) in [5.41, 5.74) is 1.89. The van der Waals surface area contributed by atoms with Crippen LogP contribution in [0.2, 0.25) is 0 Å². The van der Waals surface area contributed by atoms with Gasteiger partial charge in [0.15, 0.2) is 5.82 Å². The number of rotatable bonds is 3. The summed E-state index contributed by atoms with van der Waals surface area (Å²) >= 11 is 0. The van der Waals surface area contributed by atoms with Crippen molar-refractivity contribution < 1.29 is 5.11 Å². The monoisotopic (exact) mass is 229 g/mol. The molecule has 2 N–H and O–H groups in total. The van der Waals surface area contributed by atoms with E-state index in [9.17, 15) is 5.11 Å². The molecule has 1 heterocycles. The zero-order valence-electron chi connectivity index (χ0n) is 9.94. The third-order valence-corrected chi connectivity index (χ3v) is 2.52. The lowest BCUT2D eigenvalue weighted by Crippen LogP contribution is -2.00. The van der Waals surface area contributed by atoms with E-state index in [1.165, 1.54) is 0 Å². The fourth-order valence-corrected chi connectivity index (χ4v) is 1.55. The quantitative estimate of drug-likeness (QED) is 0.848. The molecule has 17 heavy (non-hydrogen) atoms. The van der Waals surface area contributed by atoms with Crippen LogP contribution in [0.25, 0.3) is 11.4 Å². The maximum Gasteiger partial charge on any atom is 0.161 e. The third kappa shape index (κ3) is 2.53. The van der Waals surface area contributed by atoms with Gasteiger partial charge in [-0.25, -0.2) is 9.97 Å². The van der Waals surface area contributed by atoms with Crippen LogP contribution in [-0.2, 0) is 6.42 Å². The first kappa shape index (κ1) is 11.4. The van der Waals surface area contributed by atoms with Crippen LogP contribution >= 0.6 is 0 Å². The van der Waals surface area contributed by atoms with E-state index in [-0.39, 0.29) is 5.75 Å². The summed E-state index contributed by atoms with van der Waals surface area (Å²) in [4.78, 5) is 8.86. The average molecular weight is 229 g/mol. The van der Waals surface area contributed by atoms with Crippen LogP contribution in [0.1, 0.15) is 12.6 Å². The standard InChI is InChI=1S/C13H15N3O/c1-3-10-8-12(14-2)16-13(15-10)9-4-6-11(17)7-5-9/h4-8,17H,3H2,1-2H3,(H,14,15,16).